The highest BCUT2D eigenvalue weighted by Gasteiger charge is 2.07. The molecule has 2 rings (SSSR count). The quantitative estimate of drug-likeness (QED) is 0.827. The lowest BCUT2D eigenvalue weighted by Gasteiger charge is -2.03. The van der Waals surface area contributed by atoms with E-state index in [9.17, 15) is 0 Å². The zero-order valence-electron chi connectivity index (χ0n) is 9.64. The highest BCUT2D eigenvalue weighted by Crippen LogP contribution is 2.25. The molecule has 0 atom stereocenters. The van der Waals surface area contributed by atoms with E-state index in [2.05, 4.69) is 15.3 Å². The first-order chi connectivity index (χ1) is 8.79. The Morgan fingerprint density at radius 3 is 3.06 bits per heavy atom. The molecule has 0 aliphatic carbocycles. The van der Waals surface area contributed by atoms with Crippen LogP contribution in [0.3, 0.4) is 0 Å². The SMILES string of the molecule is N#Cc1sc(NCCCCn2ccnc2)nc1Cl. The molecule has 0 bridgehead atoms. The van der Waals surface area contributed by atoms with Crippen LogP contribution in [-0.2, 0) is 6.54 Å². The minimum absolute atomic E-state index is 0.281. The third-order valence-electron chi connectivity index (χ3n) is 2.37. The third kappa shape index (κ3) is 3.45. The van der Waals surface area contributed by atoms with E-state index in [-0.39, 0.29) is 5.15 Å². The number of anilines is 1. The van der Waals surface area contributed by atoms with Crippen LogP contribution in [-0.4, -0.2) is 21.1 Å². The molecule has 0 spiro atoms. The number of hydrogen-bond acceptors (Lipinski definition) is 5. The average molecular weight is 282 g/mol. The largest absolute Gasteiger partial charge is 0.361 e. The van der Waals surface area contributed by atoms with Crippen molar-refractivity contribution in [1.82, 2.24) is 14.5 Å². The Balaban J connectivity index is 1.67. The Labute approximate surface area is 114 Å². The van der Waals surface area contributed by atoms with Crippen LogP contribution in [0.1, 0.15) is 17.7 Å². The van der Waals surface area contributed by atoms with Gasteiger partial charge in [0, 0.05) is 25.5 Å². The first-order valence-electron chi connectivity index (χ1n) is 5.55. The van der Waals surface area contributed by atoms with Crippen molar-refractivity contribution in [3.05, 3.63) is 28.8 Å². The van der Waals surface area contributed by atoms with Crippen LogP contribution in [0.15, 0.2) is 18.7 Å². The van der Waals surface area contributed by atoms with Crippen LogP contribution in [0.25, 0.3) is 0 Å². The number of aromatic nitrogens is 3. The molecule has 0 aliphatic heterocycles. The fourth-order valence-electron chi connectivity index (χ4n) is 1.48. The van der Waals surface area contributed by atoms with Gasteiger partial charge in [0.25, 0.3) is 0 Å². The number of aryl methyl sites for hydroxylation is 1. The monoisotopic (exact) mass is 281 g/mol. The molecule has 0 unspecified atom stereocenters. The van der Waals surface area contributed by atoms with Crippen LogP contribution >= 0.6 is 22.9 Å². The summed E-state index contributed by atoms with van der Waals surface area (Å²) in [6, 6.07) is 2.01. The van der Waals surface area contributed by atoms with E-state index < -0.39 is 0 Å². The number of rotatable bonds is 6. The number of unbranched alkanes of at least 4 members (excludes halogenated alkanes) is 1. The lowest BCUT2D eigenvalue weighted by Crippen LogP contribution is -2.03. The van der Waals surface area contributed by atoms with E-state index in [0.717, 1.165) is 25.9 Å². The molecule has 0 amide bonds. The maximum absolute atomic E-state index is 8.75. The van der Waals surface area contributed by atoms with E-state index in [1.54, 1.807) is 6.20 Å². The van der Waals surface area contributed by atoms with Gasteiger partial charge in [-0.3, -0.25) is 0 Å². The molecule has 2 aromatic rings. The summed E-state index contributed by atoms with van der Waals surface area (Å²) < 4.78 is 2.05. The van der Waals surface area contributed by atoms with E-state index >= 15 is 0 Å². The fraction of sp³-hybridized carbons (Fsp3) is 0.364. The van der Waals surface area contributed by atoms with Crippen molar-refractivity contribution in [2.45, 2.75) is 19.4 Å². The Hall–Kier alpha value is -1.58. The molecule has 2 aromatic heterocycles. The molecule has 94 valence electrons. The van der Waals surface area contributed by atoms with Crippen molar-refractivity contribution < 1.29 is 0 Å². The van der Waals surface area contributed by atoms with Crippen LogP contribution in [0.4, 0.5) is 5.13 Å². The van der Waals surface area contributed by atoms with Gasteiger partial charge in [0.1, 0.15) is 10.9 Å². The highest BCUT2D eigenvalue weighted by atomic mass is 35.5. The van der Waals surface area contributed by atoms with Crippen LogP contribution in [0, 0.1) is 11.3 Å². The van der Waals surface area contributed by atoms with Crippen LogP contribution < -0.4 is 5.32 Å². The molecule has 0 saturated heterocycles. The first kappa shape index (κ1) is 12.9. The molecular formula is C11H12ClN5S. The highest BCUT2D eigenvalue weighted by molar-refractivity contribution is 7.16. The predicted octanol–water partition coefficient (Wildman–Crippen LogP) is 2.76. The van der Waals surface area contributed by atoms with Gasteiger partial charge in [-0.1, -0.05) is 22.9 Å². The van der Waals surface area contributed by atoms with Crippen LogP contribution in [0.5, 0.6) is 0 Å². The summed E-state index contributed by atoms with van der Waals surface area (Å²) in [6.45, 7) is 1.78. The topological polar surface area (TPSA) is 66.5 Å². The van der Waals surface area contributed by atoms with Gasteiger partial charge in [0.15, 0.2) is 10.3 Å². The molecule has 0 fully saturated rings. The van der Waals surface area contributed by atoms with Gasteiger partial charge in [-0.2, -0.15) is 5.26 Å². The number of thiazole rings is 1. The smallest absolute Gasteiger partial charge is 0.185 e. The number of nitriles is 1. The Morgan fingerprint density at radius 1 is 1.50 bits per heavy atom. The molecule has 2 heterocycles. The van der Waals surface area contributed by atoms with Gasteiger partial charge in [0.05, 0.1) is 6.33 Å². The average Bonchev–Trinajstić information content (AvgIpc) is 2.98. The minimum atomic E-state index is 0.281. The molecule has 0 radical (unpaired) electrons. The first-order valence-corrected chi connectivity index (χ1v) is 6.75. The number of imidazole rings is 1. The van der Waals surface area contributed by atoms with Crippen molar-refractivity contribution in [1.29, 1.82) is 5.26 Å². The zero-order chi connectivity index (χ0) is 12.8. The fourth-order valence-corrected chi connectivity index (χ4v) is 2.45. The second kappa shape index (κ2) is 6.38. The van der Waals surface area contributed by atoms with E-state index in [0.29, 0.717) is 10.0 Å². The van der Waals surface area contributed by atoms with Crippen molar-refractivity contribution in [2.75, 3.05) is 11.9 Å². The van der Waals surface area contributed by atoms with E-state index in [1.807, 2.05) is 23.2 Å². The van der Waals surface area contributed by atoms with Gasteiger partial charge in [0.2, 0.25) is 0 Å². The maximum atomic E-state index is 8.75. The van der Waals surface area contributed by atoms with Crippen molar-refractivity contribution in [3.63, 3.8) is 0 Å². The molecular weight excluding hydrogens is 270 g/mol. The summed E-state index contributed by atoms with van der Waals surface area (Å²) in [4.78, 5) is 8.50. The van der Waals surface area contributed by atoms with Gasteiger partial charge in [-0.05, 0) is 12.8 Å². The Bertz CT molecular complexity index is 528. The second-order valence-corrected chi connectivity index (χ2v) is 5.04. The van der Waals surface area contributed by atoms with Crippen LogP contribution in [0.2, 0.25) is 5.15 Å². The van der Waals surface area contributed by atoms with Crippen molar-refractivity contribution in [2.24, 2.45) is 0 Å². The summed E-state index contributed by atoms with van der Waals surface area (Å²) in [7, 11) is 0. The van der Waals surface area contributed by atoms with E-state index in [4.69, 9.17) is 16.9 Å². The summed E-state index contributed by atoms with van der Waals surface area (Å²) >= 11 is 7.06. The lowest BCUT2D eigenvalue weighted by atomic mass is 10.3. The lowest BCUT2D eigenvalue weighted by molar-refractivity contribution is 0.621. The standard InChI is InChI=1S/C11H12ClN5S/c12-10-9(7-13)18-11(16-10)15-3-1-2-5-17-6-4-14-8-17/h4,6,8H,1-3,5H2,(H,15,16). The molecule has 5 nitrogen and oxygen atoms in total. The van der Waals surface area contributed by atoms with Gasteiger partial charge in [-0.15, -0.1) is 0 Å². The second-order valence-electron chi connectivity index (χ2n) is 3.69. The summed E-state index contributed by atoms with van der Waals surface area (Å²) in [6.07, 6.45) is 7.63. The van der Waals surface area contributed by atoms with Gasteiger partial charge >= 0.3 is 0 Å². The summed E-state index contributed by atoms with van der Waals surface area (Å²) in [5.41, 5.74) is 0. The Kier molecular flexibility index (Phi) is 4.56. The van der Waals surface area contributed by atoms with Gasteiger partial charge in [-0.25, -0.2) is 9.97 Å². The number of nitrogens with one attached hydrogen (secondary N) is 1. The minimum Gasteiger partial charge on any atom is -0.361 e. The Morgan fingerprint density at radius 2 is 2.39 bits per heavy atom. The number of hydrogen-bond donors (Lipinski definition) is 1. The van der Waals surface area contributed by atoms with E-state index in [1.165, 1.54) is 11.3 Å². The maximum Gasteiger partial charge on any atom is 0.185 e. The molecule has 18 heavy (non-hydrogen) atoms. The predicted molar refractivity (Wildman–Crippen MR) is 71.8 cm³/mol. The van der Waals surface area contributed by atoms with Crippen molar-refractivity contribution in [3.8, 4) is 6.07 Å². The molecule has 7 heteroatoms. The summed E-state index contributed by atoms with van der Waals surface area (Å²) in [5, 5.41) is 12.9. The molecule has 0 saturated carbocycles. The normalized spacial score (nSPS) is 10.2. The molecule has 0 aliphatic rings. The third-order valence-corrected chi connectivity index (χ3v) is 3.67. The molecule has 1 N–H and O–H groups in total. The number of nitrogens with zero attached hydrogens (tertiary/aromatic N) is 4. The molecule has 0 aromatic carbocycles. The number of halogens is 1. The summed E-state index contributed by atoms with van der Waals surface area (Å²) in [5.74, 6) is 0. The zero-order valence-corrected chi connectivity index (χ0v) is 11.2. The van der Waals surface area contributed by atoms with Crippen molar-refractivity contribution >= 4 is 28.1 Å². The van der Waals surface area contributed by atoms with Gasteiger partial charge < -0.3 is 9.88 Å².